The number of hydrogen-bond donors (Lipinski definition) is 1. The highest BCUT2D eigenvalue weighted by Crippen LogP contribution is 2.29. The molecule has 4 rings (SSSR count). The van der Waals surface area contributed by atoms with Gasteiger partial charge >= 0.3 is 0 Å². The zero-order chi connectivity index (χ0) is 21.8. The van der Waals surface area contributed by atoms with Crippen LogP contribution in [-0.2, 0) is 22.6 Å². The number of piperidine rings is 1. The van der Waals surface area contributed by atoms with Crippen molar-refractivity contribution in [2.75, 3.05) is 13.1 Å². The van der Waals surface area contributed by atoms with Crippen LogP contribution in [0.1, 0.15) is 80.2 Å². The molecule has 31 heavy (non-hydrogen) atoms. The lowest BCUT2D eigenvalue weighted by Gasteiger charge is -2.33. The lowest BCUT2D eigenvalue weighted by atomic mass is 9.95. The summed E-state index contributed by atoms with van der Waals surface area (Å²) in [5.74, 6) is 2.34. The molecular weight excluding hydrogens is 390 g/mol. The third-order valence-electron chi connectivity index (χ3n) is 6.51. The Morgan fingerprint density at radius 1 is 1.10 bits per heavy atom. The average Bonchev–Trinajstić information content (AvgIpc) is 3.02. The molecule has 0 saturated carbocycles. The molecular formula is C24H33N5O2. The lowest BCUT2D eigenvalue weighted by Crippen LogP contribution is -2.41. The summed E-state index contributed by atoms with van der Waals surface area (Å²) in [7, 11) is 0. The van der Waals surface area contributed by atoms with E-state index in [-0.39, 0.29) is 30.2 Å². The number of carbonyl (C=O) groups excluding carboxylic acids is 2. The number of fused-ring (bicyclic) bond motifs is 1. The number of carbonyl (C=O) groups is 2. The van der Waals surface area contributed by atoms with Gasteiger partial charge in [0.15, 0.2) is 0 Å². The van der Waals surface area contributed by atoms with E-state index in [1.54, 1.807) is 0 Å². The van der Waals surface area contributed by atoms with Gasteiger partial charge in [-0.1, -0.05) is 36.2 Å². The highest BCUT2D eigenvalue weighted by Gasteiger charge is 2.30. The van der Waals surface area contributed by atoms with Crippen molar-refractivity contribution >= 4 is 11.8 Å². The highest BCUT2D eigenvalue weighted by molar-refractivity contribution is 5.79. The molecule has 0 radical (unpaired) electrons. The van der Waals surface area contributed by atoms with Crippen LogP contribution in [0.2, 0.25) is 0 Å². The zero-order valence-corrected chi connectivity index (χ0v) is 18.6. The second-order valence-corrected chi connectivity index (χ2v) is 8.98. The Bertz CT molecular complexity index is 921. The van der Waals surface area contributed by atoms with E-state index in [9.17, 15) is 9.59 Å². The minimum Gasteiger partial charge on any atom is -0.349 e. The first kappa shape index (κ1) is 21.5. The van der Waals surface area contributed by atoms with E-state index in [1.807, 2.05) is 36.1 Å². The quantitative estimate of drug-likeness (QED) is 0.800. The Hall–Kier alpha value is -2.70. The maximum absolute atomic E-state index is 13.2. The second-order valence-electron chi connectivity index (χ2n) is 8.98. The Morgan fingerprint density at radius 3 is 2.68 bits per heavy atom. The van der Waals surface area contributed by atoms with E-state index in [1.165, 1.54) is 26.2 Å². The monoisotopic (exact) mass is 423 g/mol. The van der Waals surface area contributed by atoms with Crippen molar-refractivity contribution in [3.63, 3.8) is 0 Å². The SMILES string of the molecule is CC(=O)N[C@H](CC(=O)N1CCC[C@@H](c2nnc3n2CCCCC3)C1)c1ccc(C)cc1. The number of hydrogen-bond acceptors (Lipinski definition) is 4. The average molecular weight is 424 g/mol. The molecule has 2 aliphatic rings. The van der Waals surface area contributed by atoms with Gasteiger partial charge in [-0.3, -0.25) is 9.59 Å². The van der Waals surface area contributed by atoms with Gasteiger partial charge in [-0.25, -0.2) is 0 Å². The minimum atomic E-state index is -0.310. The number of rotatable bonds is 5. The van der Waals surface area contributed by atoms with Crippen molar-refractivity contribution in [3.05, 3.63) is 47.0 Å². The largest absolute Gasteiger partial charge is 0.349 e. The van der Waals surface area contributed by atoms with E-state index < -0.39 is 0 Å². The molecule has 1 aromatic carbocycles. The fourth-order valence-electron chi connectivity index (χ4n) is 4.82. The molecule has 1 aromatic heterocycles. The maximum Gasteiger partial charge on any atom is 0.225 e. The second kappa shape index (κ2) is 9.62. The summed E-state index contributed by atoms with van der Waals surface area (Å²) >= 11 is 0. The van der Waals surface area contributed by atoms with E-state index >= 15 is 0 Å². The Labute approximate surface area is 184 Å². The summed E-state index contributed by atoms with van der Waals surface area (Å²) in [6, 6.07) is 7.71. The van der Waals surface area contributed by atoms with E-state index in [2.05, 4.69) is 20.1 Å². The van der Waals surface area contributed by atoms with Crippen LogP contribution in [0.15, 0.2) is 24.3 Å². The Balaban J connectivity index is 1.46. The third kappa shape index (κ3) is 5.14. The molecule has 2 aliphatic heterocycles. The standard InChI is InChI=1S/C24H33N5O2/c1-17-9-11-19(12-10-17)21(25-18(2)30)15-23(31)28-13-6-7-20(16-28)24-27-26-22-8-4-3-5-14-29(22)24/h9-12,20-21H,3-8,13-16H2,1-2H3,(H,25,30)/t20-,21-/m1/s1. The first-order chi connectivity index (χ1) is 15.0. The number of aryl methyl sites for hydroxylation is 2. The molecule has 2 amide bonds. The molecule has 2 atom stereocenters. The minimum absolute atomic E-state index is 0.0830. The predicted molar refractivity (Wildman–Crippen MR) is 118 cm³/mol. The van der Waals surface area contributed by atoms with Crippen molar-refractivity contribution in [2.24, 2.45) is 0 Å². The number of benzene rings is 1. The van der Waals surface area contributed by atoms with Crippen LogP contribution >= 0.6 is 0 Å². The summed E-state index contributed by atoms with van der Waals surface area (Å²) in [5.41, 5.74) is 2.12. The summed E-state index contributed by atoms with van der Waals surface area (Å²) in [5, 5.41) is 11.9. The van der Waals surface area contributed by atoms with Gasteiger partial charge in [0.2, 0.25) is 11.8 Å². The highest BCUT2D eigenvalue weighted by atomic mass is 16.2. The van der Waals surface area contributed by atoms with E-state index in [4.69, 9.17) is 0 Å². The first-order valence-electron chi connectivity index (χ1n) is 11.5. The summed E-state index contributed by atoms with van der Waals surface area (Å²) in [6.07, 6.45) is 6.86. The van der Waals surface area contributed by atoms with Gasteiger partial charge in [-0.05, 0) is 38.2 Å². The molecule has 2 aromatic rings. The van der Waals surface area contributed by atoms with Crippen molar-refractivity contribution in [2.45, 2.75) is 77.3 Å². The number of likely N-dealkylation sites (tertiary alicyclic amines) is 1. The summed E-state index contributed by atoms with van der Waals surface area (Å²) < 4.78 is 2.30. The molecule has 1 fully saturated rings. The van der Waals surface area contributed by atoms with E-state index in [0.29, 0.717) is 6.54 Å². The van der Waals surface area contributed by atoms with Gasteiger partial charge in [-0.2, -0.15) is 0 Å². The van der Waals surface area contributed by atoms with Crippen LogP contribution in [0.3, 0.4) is 0 Å². The van der Waals surface area contributed by atoms with Gasteiger partial charge in [0.25, 0.3) is 0 Å². The van der Waals surface area contributed by atoms with Gasteiger partial charge in [0.05, 0.1) is 12.5 Å². The molecule has 3 heterocycles. The van der Waals surface area contributed by atoms with Crippen molar-refractivity contribution in [1.29, 1.82) is 0 Å². The normalized spacial score (nSPS) is 19.9. The molecule has 0 bridgehead atoms. The van der Waals surface area contributed by atoms with Gasteiger partial charge in [0.1, 0.15) is 11.6 Å². The molecule has 1 N–H and O–H groups in total. The molecule has 0 unspecified atom stereocenters. The molecule has 0 aliphatic carbocycles. The van der Waals surface area contributed by atoms with Gasteiger partial charge in [-0.15, -0.1) is 10.2 Å². The molecule has 166 valence electrons. The molecule has 0 spiro atoms. The van der Waals surface area contributed by atoms with Crippen LogP contribution < -0.4 is 5.32 Å². The summed E-state index contributed by atoms with van der Waals surface area (Å²) in [4.78, 5) is 26.9. The van der Waals surface area contributed by atoms with E-state index in [0.717, 1.165) is 55.1 Å². The van der Waals surface area contributed by atoms with Crippen LogP contribution in [0.5, 0.6) is 0 Å². The maximum atomic E-state index is 13.2. The molecule has 7 heteroatoms. The number of amides is 2. The van der Waals surface area contributed by atoms with Crippen molar-refractivity contribution in [3.8, 4) is 0 Å². The number of nitrogens with one attached hydrogen (secondary N) is 1. The topological polar surface area (TPSA) is 80.1 Å². The lowest BCUT2D eigenvalue weighted by molar-refractivity contribution is -0.133. The van der Waals surface area contributed by atoms with Crippen molar-refractivity contribution < 1.29 is 9.59 Å². The predicted octanol–water partition coefficient (Wildman–Crippen LogP) is 3.29. The van der Waals surface area contributed by atoms with Gasteiger partial charge < -0.3 is 14.8 Å². The van der Waals surface area contributed by atoms with Crippen molar-refractivity contribution in [1.82, 2.24) is 25.0 Å². The third-order valence-corrected chi connectivity index (χ3v) is 6.51. The van der Waals surface area contributed by atoms with Crippen LogP contribution in [0, 0.1) is 6.92 Å². The van der Waals surface area contributed by atoms with Gasteiger partial charge in [0, 0.05) is 38.9 Å². The molecule has 7 nitrogen and oxygen atoms in total. The fourth-order valence-corrected chi connectivity index (χ4v) is 4.82. The summed E-state index contributed by atoms with van der Waals surface area (Å²) in [6.45, 7) is 5.95. The number of nitrogens with zero attached hydrogens (tertiary/aromatic N) is 4. The Kier molecular flexibility index (Phi) is 6.68. The Morgan fingerprint density at radius 2 is 1.90 bits per heavy atom. The first-order valence-corrected chi connectivity index (χ1v) is 11.5. The van der Waals surface area contributed by atoms with Crippen LogP contribution in [0.4, 0.5) is 0 Å². The smallest absolute Gasteiger partial charge is 0.225 e. The fraction of sp³-hybridized carbons (Fsp3) is 0.583. The zero-order valence-electron chi connectivity index (χ0n) is 18.6. The molecule has 1 saturated heterocycles. The van der Waals surface area contributed by atoms with Crippen LogP contribution in [0.25, 0.3) is 0 Å². The number of aromatic nitrogens is 3. The van der Waals surface area contributed by atoms with Crippen LogP contribution in [-0.4, -0.2) is 44.6 Å².